The van der Waals surface area contributed by atoms with Gasteiger partial charge in [0.15, 0.2) is 5.76 Å². The second-order valence-electron chi connectivity index (χ2n) is 5.50. The van der Waals surface area contributed by atoms with E-state index < -0.39 is 16.1 Å². The number of carbonyl (C=O) groups is 2. The second kappa shape index (κ2) is 6.64. The third kappa shape index (κ3) is 3.75. The number of carbonyl (C=O) groups excluding carboxylic acids is 2. The Hall–Kier alpha value is -3.13. The summed E-state index contributed by atoms with van der Waals surface area (Å²) in [5, 5.41) is 0. The maximum atomic E-state index is 12.4. The van der Waals surface area contributed by atoms with Crippen LogP contribution in [0.5, 0.6) is 11.5 Å². The number of ether oxygens (including phenoxy) is 2. The molecule has 0 aliphatic carbocycles. The Balaban J connectivity index is 1.85. The van der Waals surface area contributed by atoms with E-state index in [1.807, 2.05) is 0 Å². The van der Waals surface area contributed by atoms with Crippen molar-refractivity contribution in [2.45, 2.75) is 0 Å². The van der Waals surface area contributed by atoms with Gasteiger partial charge in [0.25, 0.3) is 0 Å². The molecular formula is C18H14O7S. The van der Waals surface area contributed by atoms with Gasteiger partial charge in [-0.2, -0.15) is 8.42 Å². The zero-order chi connectivity index (χ0) is 18.9. The van der Waals surface area contributed by atoms with Gasteiger partial charge in [0.1, 0.15) is 11.5 Å². The molecule has 0 unspecified atom stereocenters. The molecule has 1 aliphatic heterocycles. The van der Waals surface area contributed by atoms with Crippen molar-refractivity contribution in [1.29, 1.82) is 0 Å². The van der Waals surface area contributed by atoms with E-state index in [4.69, 9.17) is 8.92 Å². The van der Waals surface area contributed by atoms with Crippen LogP contribution in [0.4, 0.5) is 0 Å². The number of benzene rings is 2. The monoisotopic (exact) mass is 374 g/mol. The van der Waals surface area contributed by atoms with Gasteiger partial charge in [0.05, 0.1) is 24.5 Å². The molecular weight excluding hydrogens is 360 g/mol. The average Bonchev–Trinajstić information content (AvgIpc) is 2.88. The third-order valence-corrected chi connectivity index (χ3v) is 4.01. The topological polar surface area (TPSA) is 96.0 Å². The van der Waals surface area contributed by atoms with Gasteiger partial charge in [-0.25, -0.2) is 4.79 Å². The highest BCUT2D eigenvalue weighted by Gasteiger charge is 2.28. The van der Waals surface area contributed by atoms with Gasteiger partial charge in [-0.3, -0.25) is 4.79 Å². The van der Waals surface area contributed by atoms with Gasteiger partial charge >= 0.3 is 16.1 Å². The molecule has 0 N–H and O–H groups in total. The van der Waals surface area contributed by atoms with E-state index in [2.05, 4.69) is 4.74 Å². The van der Waals surface area contributed by atoms with Crippen molar-refractivity contribution in [1.82, 2.24) is 0 Å². The SMILES string of the molecule is COC(=O)c1ccc(/C=C2\Oc3cc(OS(C)(=O)=O)ccc3C2=O)cc1. The molecule has 2 aromatic rings. The molecule has 1 heterocycles. The number of methoxy groups -OCH3 is 1. The third-order valence-electron chi connectivity index (χ3n) is 3.52. The maximum absolute atomic E-state index is 12.4. The van der Waals surface area contributed by atoms with Crippen molar-refractivity contribution >= 4 is 27.9 Å². The number of hydrogen-bond donors (Lipinski definition) is 0. The molecule has 0 bridgehead atoms. The standard InChI is InChI=1S/C18H14O7S/c1-23-18(20)12-5-3-11(4-6-12)9-16-17(19)14-8-7-13(10-15(14)24-16)25-26(2,21)22/h3-10H,1-2H3/b16-9-. The highest BCUT2D eigenvalue weighted by Crippen LogP contribution is 2.35. The first-order chi connectivity index (χ1) is 12.3. The van der Waals surface area contributed by atoms with Gasteiger partial charge in [0, 0.05) is 6.07 Å². The number of Topliss-reactive ketones (excluding diaryl/α,β-unsaturated/α-hetero) is 1. The summed E-state index contributed by atoms with van der Waals surface area (Å²) in [6.07, 6.45) is 2.45. The normalized spacial score (nSPS) is 14.7. The first-order valence-electron chi connectivity index (χ1n) is 7.43. The highest BCUT2D eigenvalue weighted by molar-refractivity contribution is 7.86. The summed E-state index contributed by atoms with van der Waals surface area (Å²) in [5.74, 6) is -0.426. The van der Waals surface area contributed by atoms with E-state index in [0.29, 0.717) is 16.7 Å². The van der Waals surface area contributed by atoms with Gasteiger partial charge in [0.2, 0.25) is 5.78 Å². The molecule has 0 amide bonds. The summed E-state index contributed by atoms with van der Waals surface area (Å²) in [6.45, 7) is 0. The maximum Gasteiger partial charge on any atom is 0.337 e. The predicted octanol–water partition coefficient (Wildman–Crippen LogP) is 2.43. The minimum Gasteiger partial charge on any atom is -0.465 e. The fourth-order valence-corrected chi connectivity index (χ4v) is 2.83. The van der Waals surface area contributed by atoms with Crippen LogP contribution >= 0.6 is 0 Å². The number of fused-ring (bicyclic) bond motifs is 1. The molecule has 0 saturated heterocycles. The zero-order valence-electron chi connectivity index (χ0n) is 13.9. The van der Waals surface area contributed by atoms with Gasteiger partial charge in [-0.1, -0.05) is 12.1 Å². The molecule has 0 saturated carbocycles. The van der Waals surface area contributed by atoms with Crippen LogP contribution in [0.15, 0.2) is 48.2 Å². The Bertz CT molecular complexity index is 1020. The molecule has 7 nitrogen and oxygen atoms in total. The number of rotatable bonds is 4. The summed E-state index contributed by atoms with van der Waals surface area (Å²) in [4.78, 5) is 23.8. The molecule has 0 spiro atoms. The smallest absolute Gasteiger partial charge is 0.337 e. The van der Waals surface area contributed by atoms with Crippen molar-refractivity contribution in [2.75, 3.05) is 13.4 Å². The quantitative estimate of drug-likeness (QED) is 0.461. The largest absolute Gasteiger partial charge is 0.465 e. The van der Waals surface area contributed by atoms with Crippen LogP contribution in [0.2, 0.25) is 0 Å². The molecule has 0 fully saturated rings. The van der Waals surface area contributed by atoms with Crippen molar-refractivity contribution in [3.05, 3.63) is 64.9 Å². The molecule has 1 aliphatic rings. The van der Waals surface area contributed by atoms with Crippen molar-refractivity contribution < 1.29 is 31.7 Å². The first-order valence-corrected chi connectivity index (χ1v) is 9.24. The van der Waals surface area contributed by atoms with Crippen LogP contribution in [0, 0.1) is 0 Å². The highest BCUT2D eigenvalue weighted by atomic mass is 32.2. The second-order valence-corrected chi connectivity index (χ2v) is 7.07. The lowest BCUT2D eigenvalue weighted by Crippen LogP contribution is -2.05. The summed E-state index contributed by atoms with van der Waals surface area (Å²) >= 11 is 0. The van der Waals surface area contributed by atoms with Crippen LogP contribution in [-0.2, 0) is 14.9 Å². The number of ketones is 1. The van der Waals surface area contributed by atoms with Gasteiger partial charge < -0.3 is 13.7 Å². The van der Waals surface area contributed by atoms with Gasteiger partial charge in [-0.05, 0) is 35.9 Å². The van der Waals surface area contributed by atoms with E-state index >= 15 is 0 Å². The molecule has 134 valence electrons. The summed E-state index contributed by atoms with van der Waals surface area (Å²) in [5.41, 5.74) is 1.35. The van der Waals surface area contributed by atoms with E-state index in [9.17, 15) is 18.0 Å². The summed E-state index contributed by atoms with van der Waals surface area (Å²) in [7, 11) is -2.38. The molecule has 0 aromatic heterocycles. The zero-order valence-corrected chi connectivity index (χ0v) is 14.7. The first kappa shape index (κ1) is 17.7. The Labute approximate surface area is 149 Å². The minimum absolute atomic E-state index is 0.0581. The molecule has 2 aromatic carbocycles. The van der Waals surface area contributed by atoms with E-state index in [1.54, 1.807) is 24.3 Å². The fourth-order valence-electron chi connectivity index (χ4n) is 2.38. The molecule has 0 atom stereocenters. The molecule has 0 radical (unpaired) electrons. The van der Waals surface area contributed by atoms with Crippen LogP contribution in [-0.4, -0.2) is 33.5 Å². The Morgan fingerprint density at radius 2 is 1.81 bits per heavy atom. The van der Waals surface area contributed by atoms with E-state index in [0.717, 1.165) is 6.26 Å². The fraction of sp³-hybridized carbons (Fsp3) is 0.111. The Morgan fingerprint density at radius 3 is 2.42 bits per heavy atom. The van der Waals surface area contributed by atoms with E-state index in [1.165, 1.54) is 31.4 Å². The average molecular weight is 374 g/mol. The van der Waals surface area contributed by atoms with Crippen LogP contribution in [0.1, 0.15) is 26.3 Å². The Kier molecular flexibility index (Phi) is 4.52. The number of hydrogen-bond acceptors (Lipinski definition) is 7. The lowest BCUT2D eigenvalue weighted by molar-refractivity contribution is 0.0600. The predicted molar refractivity (Wildman–Crippen MR) is 92.6 cm³/mol. The number of allylic oxidation sites excluding steroid dienone is 1. The summed E-state index contributed by atoms with van der Waals surface area (Å²) < 4.78 is 37.3. The lowest BCUT2D eigenvalue weighted by Gasteiger charge is -2.04. The Morgan fingerprint density at radius 1 is 1.12 bits per heavy atom. The molecule has 3 rings (SSSR count). The molecule has 8 heteroatoms. The molecule has 26 heavy (non-hydrogen) atoms. The van der Waals surface area contributed by atoms with Crippen molar-refractivity contribution in [3.8, 4) is 11.5 Å². The van der Waals surface area contributed by atoms with Crippen LogP contribution < -0.4 is 8.92 Å². The summed E-state index contributed by atoms with van der Waals surface area (Å²) in [6, 6.07) is 10.6. The van der Waals surface area contributed by atoms with Gasteiger partial charge in [-0.15, -0.1) is 0 Å². The number of esters is 1. The minimum atomic E-state index is -3.68. The van der Waals surface area contributed by atoms with Crippen molar-refractivity contribution in [2.24, 2.45) is 0 Å². The van der Waals surface area contributed by atoms with E-state index in [-0.39, 0.29) is 23.0 Å². The van der Waals surface area contributed by atoms with Crippen LogP contribution in [0.3, 0.4) is 0 Å². The lowest BCUT2D eigenvalue weighted by atomic mass is 10.1. The van der Waals surface area contributed by atoms with Crippen molar-refractivity contribution in [3.63, 3.8) is 0 Å². The van der Waals surface area contributed by atoms with Crippen LogP contribution in [0.25, 0.3) is 6.08 Å².